The molecule has 0 radical (unpaired) electrons. The van der Waals surface area contributed by atoms with Crippen molar-refractivity contribution in [1.29, 1.82) is 0 Å². The number of thiazole rings is 1. The molecule has 1 amide bonds. The third-order valence-corrected chi connectivity index (χ3v) is 4.78. The van der Waals surface area contributed by atoms with Gasteiger partial charge in [-0.15, -0.1) is 11.3 Å². The number of nitrogens with one attached hydrogen (secondary N) is 1. The molecular formula is C18H20FN3OS. The molecule has 3 aromatic rings. The number of imidazole rings is 1. The van der Waals surface area contributed by atoms with E-state index in [1.807, 2.05) is 16.0 Å². The van der Waals surface area contributed by atoms with E-state index >= 15 is 0 Å². The standard InChI is InChI=1S/C18H20FN3OS/c1-2-3-10-20-17(23)9-8-13-12-24-18-21-16(11-22(13)18)14-6-4-5-7-15(14)19/h4-7,11-12H,2-3,8-10H2,1H3,(H,20,23). The van der Waals surface area contributed by atoms with Crippen molar-refractivity contribution in [3.8, 4) is 11.3 Å². The fourth-order valence-corrected chi connectivity index (χ4v) is 3.45. The second-order valence-corrected chi connectivity index (χ2v) is 6.53. The van der Waals surface area contributed by atoms with E-state index in [0.29, 0.717) is 24.1 Å². The molecule has 0 saturated carbocycles. The molecule has 126 valence electrons. The van der Waals surface area contributed by atoms with E-state index in [1.165, 1.54) is 17.4 Å². The van der Waals surface area contributed by atoms with Crippen LogP contribution in [0.25, 0.3) is 16.2 Å². The first-order valence-corrected chi connectivity index (χ1v) is 9.04. The lowest BCUT2D eigenvalue weighted by Gasteiger charge is -2.03. The van der Waals surface area contributed by atoms with Crippen LogP contribution in [-0.2, 0) is 11.2 Å². The first kappa shape index (κ1) is 16.6. The van der Waals surface area contributed by atoms with Gasteiger partial charge in [0.1, 0.15) is 5.82 Å². The Labute approximate surface area is 144 Å². The highest BCUT2D eigenvalue weighted by molar-refractivity contribution is 7.15. The van der Waals surface area contributed by atoms with Gasteiger partial charge in [0.25, 0.3) is 0 Å². The number of hydrogen-bond acceptors (Lipinski definition) is 3. The number of amides is 1. The summed E-state index contributed by atoms with van der Waals surface area (Å²) in [7, 11) is 0. The van der Waals surface area contributed by atoms with Crippen molar-refractivity contribution < 1.29 is 9.18 Å². The molecule has 2 aromatic heterocycles. The quantitative estimate of drug-likeness (QED) is 0.657. The van der Waals surface area contributed by atoms with E-state index in [2.05, 4.69) is 17.2 Å². The smallest absolute Gasteiger partial charge is 0.220 e. The van der Waals surface area contributed by atoms with E-state index in [0.717, 1.165) is 30.0 Å². The van der Waals surface area contributed by atoms with Gasteiger partial charge in [0.05, 0.1) is 5.69 Å². The second-order valence-electron chi connectivity index (χ2n) is 5.69. The van der Waals surface area contributed by atoms with Crippen LogP contribution in [0, 0.1) is 5.82 Å². The van der Waals surface area contributed by atoms with Crippen LogP contribution in [-0.4, -0.2) is 21.8 Å². The minimum absolute atomic E-state index is 0.0669. The summed E-state index contributed by atoms with van der Waals surface area (Å²) in [4.78, 5) is 17.1. The molecule has 1 aromatic carbocycles. The summed E-state index contributed by atoms with van der Waals surface area (Å²) in [6, 6.07) is 6.63. The molecule has 0 saturated heterocycles. The molecule has 0 bridgehead atoms. The van der Waals surface area contributed by atoms with Crippen LogP contribution < -0.4 is 5.32 Å². The molecular weight excluding hydrogens is 325 g/mol. The zero-order valence-corrected chi connectivity index (χ0v) is 14.4. The lowest BCUT2D eigenvalue weighted by molar-refractivity contribution is -0.121. The summed E-state index contributed by atoms with van der Waals surface area (Å²) >= 11 is 1.51. The number of carbonyl (C=O) groups excluding carboxylic acids is 1. The molecule has 0 aliphatic heterocycles. The topological polar surface area (TPSA) is 46.4 Å². The van der Waals surface area contributed by atoms with Crippen molar-refractivity contribution in [2.24, 2.45) is 0 Å². The maximum Gasteiger partial charge on any atom is 0.220 e. The van der Waals surface area contributed by atoms with Crippen LogP contribution in [0.2, 0.25) is 0 Å². The number of aromatic nitrogens is 2. The lowest BCUT2D eigenvalue weighted by atomic mass is 10.1. The van der Waals surface area contributed by atoms with Gasteiger partial charge in [0.15, 0.2) is 4.96 Å². The highest BCUT2D eigenvalue weighted by Crippen LogP contribution is 2.26. The number of aryl methyl sites for hydroxylation is 1. The Bertz CT molecular complexity index is 840. The lowest BCUT2D eigenvalue weighted by Crippen LogP contribution is -2.24. The van der Waals surface area contributed by atoms with Gasteiger partial charge in [0, 0.05) is 35.8 Å². The monoisotopic (exact) mass is 345 g/mol. The van der Waals surface area contributed by atoms with Gasteiger partial charge < -0.3 is 5.32 Å². The summed E-state index contributed by atoms with van der Waals surface area (Å²) < 4.78 is 15.9. The highest BCUT2D eigenvalue weighted by atomic mass is 32.1. The van der Waals surface area contributed by atoms with Crippen LogP contribution in [0.3, 0.4) is 0 Å². The zero-order valence-electron chi connectivity index (χ0n) is 13.6. The normalized spacial score (nSPS) is 11.1. The predicted octanol–water partition coefficient (Wildman–Crippen LogP) is 4.05. The average molecular weight is 345 g/mol. The molecule has 2 heterocycles. The maximum atomic E-state index is 13.9. The van der Waals surface area contributed by atoms with Crippen molar-refractivity contribution in [2.75, 3.05) is 6.54 Å². The first-order chi connectivity index (χ1) is 11.7. The number of unbranched alkanes of at least 4 members (excludes halogenated alkanes) is 1. The Morgan fingerprint density at radius 2 is 2.21 bits per heavy atom. The summed E-state index contributed by atoms with van der Waals surface area (Å²) in [6.07, 6.45) is 5.00. The fourth-order valence-electron chi connectivity index (χ4n) is 2.54. The van der Waals surface area contributed by atoms with E-state index < -0.39 is 0 Å². The minimum Gasteiger partial charge on any atom is -0.356 e. The second kappa shape index (κ2) is 7.57. The molecule has 0 fully saturated rings. The molecule has 0 aliphatic carbocycles. The van der Waals surface area contributed by atoms with Gasteiger partial charge in [0.2, 0.25) is 5.91 Å². The number of benzene rings is 1. The maximum absolute atomic E-state index is 13.9. The van der Waals surface area contributed by atoms with Gasteiger partial charge in [-0.1, -0.05) is 25.5 Å². The minimum atomic E-state index is -0.278. The van der Waals surface area contributed by atoms with Crippen molar-refractivity contribution in [3.05, 3.63) is 47.4 Å². The number of fused-ring (bicyclic) bond motifs is 1. The van der Waals surface area contributed by atoms with E-state index in [4.69, 9.17) is 0 Å². The molecule has 0 atom stereocenters. The third kappa shape index (κ3) is 3.64. The molecule has 0 aliphatic rings. The highest BCUT2D eigenvalue weighted by Gasteiger charge is 2.13. The molecule has 6 heteroatoms. The van der Waals surface area contributed by atoms with Crippen molar-refractivity contribution in [3.63, 3.8) is 0 Å². The van der Waals surface area contributed by atoms with Crippen molar-refractivity contribution in [2.45, 2.75) is 32.6 Å². The average Bonchev–Trinajstić information content (AvgIpc) is 3.14. The Balaban J connectivity index is 1.72. The van der Waals surface area contributed by atoms with Crippen molar-refractivity contribution >= 4 is 22.2 Å². The summed E-state index contributed by atoms with van der Waals surface area (Å²) in [6.45, 7) is 2.83. The van der Waals surface area contributed by atoms with Gasteiger partial charge in [-0.3, -0.25) is 9.20 Å². The van der Waals surface area contributed by atoms with Gasteiger partial charge in [-0.25, -0.2) is 9.37 Å². The molecule has 0 unspecified atom stereocenters. The molecule has 0 spiro atoms. The molecule has 1 N–H and O–H groups in total. The van der Waals surface area contributed by atoms with Crippen LogP contribution in [0.4, 0.5) is 4.39 Å². The summed E-state index contributed by atoms with van der Waals surface area (Å²) in [5.41, 5.74) is 2.14. The van der Waals surface area contributed by atoms with Gasteiger partial charge >= 0.3 is 0 Å². The molecule has 4 nitrogen and oxygen atoms in total. The van der Waals surface area contributed by atoms with Crippen LogP contribution in [0.5, 0.6) is 0 Å². The van der Waals surface area contributed by atoms with Crippen LogP contribution in [0.15, 0.2) is 35.8 Å². The predicted molar refractivity (Wildman–Crippen MR) is 94.7 cm³/mol. The SMILES string of the molecule is CCCCNC(=O)CCc1csc2nc(-c3ccccc3F)cn12. The van der Waals surface area contributed by atoms with Gasteiger partial charge in [-0.2, -0.15) is 0 Å². The molecule has 24 heavy (non-hydrogen) atoms. The number of rotatable bonds is 7. The Morgan fingerprint density at radius 1 is 1.38 bits per heavy atom. The number of halogens is 1. The Kier molecular flexibility index (Phi) is 5.25. The van der Waals surface area contributed by atoms with E-state index in [1.54, 1.807) is 18.2 Å². The molecule has 3 rings (SSSR count). The largest absolute Gasteiger partial charge is 0.356 e. The Morgan fingerprint density at radius 3 is 3.00 bits per heavy atom. The number of carbonyl (C=O) groups is 1. The zero-order chi connectivity index (χ0) is 16.9. The number of hydrogen-bond donors (Lipinski definition) is 1. The van der Waals surface area contributed by atoms with Crippen LogP contribution >= 0.6 is 11.3 Å². The third-order valence-electron chi connectivity index (χ3n) is 3.89. The summed E-state index contributed by atoms with van der Waals surface area (Å²) in [5.74, 6) is -0.211. The Hall–Kier alpha value is -2.21. The van der Waals surface area contributed by atoms with E-state index in [9.17, 15) is 9.18 Å². The van der Waals surface area contributed by atoms with Crippen molar-refractivity contribution in [1.82, 2.24) is 14.7 Å². The van der Waals surface area contributed by atoms with Gasteiger partial charge in [-0.05, 0) is 25.0 Å². The summed E-state index contributed by atoms with van der Waals surface area (Å²) in [5, 5.41) is 4.93. The van der Waals surface area contributed by atoms with E-state index in [-0.39, 0.29) is 11.7 Å². The first-order valence-electron chi connectivity index (χ1n) is 8.16. The number of nitrogens with zero attached hydrogens (tertiary/aromatic N) is 2. The van der Waals surface area contributed by atoms with Crippen LogP contribution in [0.1, 0.15) is 31.9 Å². The fraction of sp³-hybridized carbons (Fsp3) is 0.333.